The number of nitrogens with two attached hydrogens (primary N) is 3. The van der Waals surface area contributed by atoms with Crippen LogP contribution in [-0.2, 0) is 32.1 Å². The molecule has 2 aromatic carbocycles. The summed E-state index contributed by atoms with van der Waals surface area (Å²) in [4.78, 5) is 41.4. The standard InChI is InChI=1S/C25H33ClN6O5/c26-18-10-8-16(9-11-18)13-21(23(34)31-20(24(35)36)7-4-12-30-25(28)29)32-22(33)19(27)15-37-14-17-5-2-1-3-6-17/h1-3,5-6,8-11,19-21H,4,7,12-15,27H2,(H,31,34)(H,32,33)(H,35,36)(H4,28,29,30)/t19-,20-,21+/m0/s1. The van der Waals surface area contributed by atoms with Gasteiger partial charge >= 0.3 is 5.97 Å². The summed E-state index contributed by atoms with van der Waals surface area (Å²) in [6, 6.07) is 12.8. The van der Waals surface area contributed by atoms with Crippen molar-refractivity contribution in [2.24, 2.45) is 22.2 Å². The van der Waals surface area contributed by atoms with E-state index in [4.69, 9.17) is 33.5 Å². The van der Waals surface area contributed by atoms with Crippen LogP contribution in [0, 0.1) is 0 Å². The maximum atomic E-state index is 13.1. The van der Waals surface area contributed by atoms with Gasteiger partial charge in [0.05, 0.1) is 13.2 Å². The Morgan fingerprint density at radius 1 is 0.946 bits per heavy atom. The number of rotatable bonds is 15. The minimum atomic E-state index is -1.22. The lowest BCUT2D eigenvalue weighted by Gasteiger charge is -2.23. The lowest BCUT2D eigenvalue weighted by Crippen LogP contribution is -2.56. The summed E-state index contributed by atoms with van der Waals surface area (Å²) in [5.41, 5.74) is 18.2. The van der Waals surface area contributed by atoms with Crippen LogP contribution >= 0.6 is 11.6 Å². The van der Waals surface area contributed by atoms with Crippen molar-refractivity contribution in [3.63, 3.8) is 0 Å². The number of halogens is 1. The number of aliphatic carboxylic acids is 1. The van der Waals surface area contributed by atoms with Gasteiger partial charge in [0.25, 0.3) is 0 Å². The van der Waals surface area contributed by atoms with Crippen molar-refractivity contribution in [2.45, 2.75) is 44.0 Å². The van der Waals surface area contributed by atoms with Gasteiger partial charge in [-0.05, 0) is 36.1 Å². The Morgan fingerprint density at radius 2 is 1.59 bits per heavy atom. The van der Waals surface area contributed by atoms with Gasteiger partial charge in [-0.1, -0.05) is 54.1 Å². The maximum Gasteiger partial charge on any atom is 0.326 e. The van der Waals surface area contributed by atoms with Gasteiger partial charge in [-0.15, -0.1) is 0 Å². The molecule has 2 amide bonds. The third kappa shape index (κ3) is 11.3. The molecule has 11 nitrogen and oxygen atoms in total. The SMILES string of the molecule is NC(N)=NCCC[C@H](NC(=O)[C@@H](Cc1ccc(Cl)cc1)NC(=O)[C@@H](N)COCc1ccccc1)C(=O)O. The van der Waals surface area contributed by atoms with Gasteiger partial charge in [0.1, 0.15) is 18.1 Å². The molecule has 0 fully saturated rings. The lowest BCUT2D eigenvalue weighted by atomic mass is 10.0. The molecule has 12 heteroatoms. The number of aliphatic imine (C=N–C) groups is 1. The van der Waals surface area contributed by atoms with Crippen LogP contribution in [0.3, 0.4) is 0 Å². The van der Waals surface area contributed by atoms with E-state index in [2.05, 4.69) is 15.6 Å². The molecule has 0 aliphatic carbocycles. The molecule has 0 aromatic heterocycles. The van der Waals surface area contributed by atoms with Gasteiger partial charge in [-0.2, -0.15) is 0 Å². The molecule has 0 radical (unpaired) electrons. The Hall–Kier alpha value is -3.67. The van der Waals surface area contributed by atoms with E-state index in [1.807, 2.05) is 30.3 Å². The predicted molar refractivity (Wildman–Crippen MR) is 141 cm³/mol. The van der Waals surface area contributed by atoms with Crippen LogP contribution in [-0.4, -0.2) is 60.1 Å². The molecule has 0 aliphatic heterocycles. The third-order valence-corrected chi connectivity index (χ3v) is 5.54. The molecular formula is C25H33ClN6O5. The van der Waals surface area contributed by atoms with E-state index >= 15 is 0 Å². The normalized spacial score (nSPS) is 13.1. The number of nitrogens with zero attached hydrogens (tertiary/aromatic N) is 1. The fraction of sp³-hybridized carbons (Fsp3) is 0.360. The first kappa shape index (κ1) is 29.6. The van der Waals surface area contributed by atoms with Gasteiger partial charge in [0, 0.05) is 18.0 Å². The fourth-order valence-electron chi connectivity index (χ4n) is 3.33. The van der Waals surface area contributed by atoms with Gasteiger partial charge in [-0.3, -0.25) is 14.6 Å². The number of benzene rings is 2. The highest BCUT2D eigenvalue weighted by Crippen LogP contribution is 2.12. The largest absolute Gasteiger partial charge is 0.480 e. The van der Waals surface area contributed by atoms with E-state index in [0.717, 1.165) is 5.56 Å². The molecule has 2 rings (SSSR count). The monoisotopic (exact) mass is 532 g/mol. The minimum absolute atomic E-state index is 0.0709. The summed E-state index contributed by atoms with van der Waals surface area (Å²) in [6.45, 7) is 0.417. The van der Waals surface area contributed by atoms with Gasteiger partial charge in [-0.25, -0.2) is 4.79 Å². The van der Waals surface area contributed by atoms with E-state index in [0.29, 0.717) is 17.0 Å². The smallest absolute Gasteiger partial charge is 0.326 e. The van der Waals surface area contributed by atoms with Gasteiger partial charge < -0.3 is 37.7 Å². The molecule has 9 N–H and O–H groups in total. The molecule has 200 valence electrons. The van der Waals surface area contributed by atoms with Crippen molar-refractivity contribution in [3.8, 4) is 0 Å². The number of carboxylic acid groups (broad SMARTS) is 1. The van der Waals surface area contributed by atoms with E-state index in [1.165, 1.54) is 0 Å². The Kier molecular flexibility index (Phi) is 12.3. The lowest BCUT2D eigenvalue weighted by molar-refractivity contribution is -0.142. The fourth-order valence-corrected chi connectivity index (χ4v) is 3.46. The summed E-state index contributed by atoms with van der Waals surface area (Å²) in [5, 5.41) is 15.2. The molecule has 0 unspecified atom stereocenters. The van der Waals surface area contributed by atoms with Gasteiger partial charge in [0.15, 0.2) is 5.96 Å². The maximum absolute atomic E-state index is 13.1. The molecule has 3 atom stereocenters. The molecule has 0 bridgehead atoms. The number of ether oxygens (including phenoxy) is 1. The molecule has 2 aromatic rings. The molecule has 0 saturated carbocycles. The zero-order chi connectivity index (χ0) is 27.2. The highest BCUT2D eigenvalue weighted by molar-refractivity contribution is 6.30. The van der Waals surface area contributed by atoms with Crippen LogP contribution in [0.25, 0.3) is 0 Å². The van der Waals surface area contributed by atoms with Crippen molar-refractivity contribution >= 4 is 35.3 Å². The van der Waals surface area contributed by atoms with E-state index in [-0.39, 0.29) is 38.6 Å². The van der Waals surface area contributed by atoms with Crippen LogP contribution in [0.4, 0.5) is 0 Å². The second-order valence-corrected chi connectivity index (χ2v) is 8.78. The summed E-state index contributed by atoms with van der Waals surface area (Å²) in [6.07, 6.45) is 0.506. The number of guanidine groups is 1. The highest BCUT2D eigenvalue weighted by atomic mass is 35.5. The van der Waals surface area contributed by atoms with Crippen LogP contribution in [0.2, 0.25) is 5.02 Å². The number of carbonyl (C=O) groups excluding carboxylic acids is 2. The quantitative estimate of drug-likeness (QED) is 0.108. The second-order valence-electron chi connectivity index (χ2n) is 8.35. The molecule has 0 heterocycles. The molecule has 0 spiro atoms. The first-order valence-corrected chi connectivity index (χ1v) is 12.0. The van der Waals surface area contributed by atoms with Crippen molar-refractivity contribution in [3.05, 3.63) is 70.7 Å². The van der Waals surface area contributed by atoms with Crippen LogP contribution in [0.15, 0.2) is 59.6 Å². The predicted octanol–water partition coefficient (Wildman–Crippen LogP) is 0.534. The third-order valence-electron chi connectivity index (χ3n) is 5.29. The highest BCUT2D eigenvalue weighted by Gasteiger charge is 2.28. The zero-order valence-corrected chi connectivity index (χ0v) is 21.1. The summed E-state index contributed by atoms with van der Waals surface area (Å²) in [5.74, 6) is -2.61. The number of hydrogen-bond acceptors (Lipinski definition) is 6. The van der Waals surface area contributed by atoms with Crippen LogP contribution in [0.5, 0.6) is 0 Å². The number of nitrogens with one attached hydrogen (secondary N) is 2. The van der Waals surface area contributed by atoms with E-state index < -0.39 is 35.9 Å². The van der Waals surface area contributed by atoms with E-state index in [1.54, 1.807) is 24.3 Å². The Bertz CT molecular complexity index is 1050. The first-order chi connectivity index (χ1) is 17.7. The zero-order valence-electron chi connectivity index (χ0n) is 20.3. The summed E-state index contributed by atoms with van der Waals surface area (Å²) >= 11 is 5.94. The van der Waals surface area contributed by atoms with Crippen molar-refractivity contribution < 1.29 is 24.2 Å². The van der Waals surface area contributed by atoms with Gasteiger partial charge in [0.2, 0.25) is 11.8 Å². The topological polar surface area (TPSA) is 195 Å². The number of hydrogen-bond donors (Lipinski definition) is 6. The van der Waals surface area contributed by atoms with Crippen LogP contribution in [0.1, 0.15) is 24.0 Å². The second kappa shape index (κ2) is 15.4. The average molecular weight is 533 g/mol. The molecular weight excluding hydrogens is 500 g/mol. The minimum Gasteiger partial charge on any atom is -0.480 e. The number of carboxylic acids is 1. The molecule has 0 saturated heterocycles. The van der Waals surface area contributed by atoms with Crippen LogP contribution < -0.4 is 27.8 Å². The van der Waals surface area contributed by atoms with Crippen molar-refractivity contribution in [2.75, 3.05) is 13.2 Å². The Labute approximate surface area is 220 Å². The van der Waals surface area contributed by atoms with Crippen molar-refractivity contribution in [1.82, 2.24) is 10.6 Å². The number of amides is 2. The molecule has 0 aliphatic rings. The van der Waals surface area contributed by atoms with Crippen molar-refractivity contribution in [1.29, 1.82) is 0 Å². The Morgan fingerprint density at radius 3 is 2.22 bits per heavy atom. The summed E-state index contributed by atoms with van der Waals surface area (Å²) in [7, 11) is 0. The summed E-state index contributed by atoms with van der Waals surface area (Å²) < 4.78 is 5.54. The first-order valence-electron chi connectivity index (χ1n) is 11.7. The Balaban J connectivity index is 2.03. The number of carbonyl (C=O) groups is 3. The molecule has 37 heavy (non-hydrogen) atoms. The van der Waals surface area contributed by atoms with E-state index in [9.17, 15) is 19.5 Å². The average Bonchev–Trinajstić information content (AvgIpc) is 2.86.